The first kappa shape index (κ1) is 17.3. The zero-order valence-corrected chi connectivity index (χ0v) is 12.9. The molecule has 7 heteroatoms. The van der Waals surface area contributed by atoms with Crippen LogP contribution < -0.4 is 16.4 Å². The zero-order chi connectivity index (χ0) is 15.8. The average molecular weight is 313 g/mol. The Hall–Kier alpha value is -1.79. The molecule has 1 amide bonds. The van der Waals surface area contributed by atoms with Crippen LogP contribution in [0.3, 0.4) is 0 Å². The van der Waals surface area contributed by atoms with Crippen molar-refractivity contribution in [2.75, 3.05) is 6.54 Å². The summed E-state index contributed by atoms with van der Waals surface area (Å²) in [6.07, 6.45) is 0.902. The van der Waals surface area contributed by atoms with E-state index in [0.29, 0.717) is 23.7 Å². The third kappa shape index (κ3) is 5.24. The molecule has 0 spiro atoms. The minimum absolute atomic E-state index is 0.00345. The van der Waals surface area contributed by atoms with Gasteiger partial charge in [0.25, 0.3) is 0 Å². The van der Waals surface area contributed by atoms with Crippen LogP contribution in [0.1, 0.15) is 31.4 Å². The van der Waals surface area contributed by atoms with Gasteiger partial charge in [0.1, 0.15) is 0 Å². The fourth-order valence-corrected chi connectivity index (χ4v) is 1.91. The lowest BCUT2D eigenvalue weighted by atomic mass is 10.1. The summed E-state index contributed by atoms with van der Waals surface area (Å²) in [6, 6.07) is 4.80. The third-order valence-electron chi connectivity index (χ3n) is 3.00. The van der Waals surface area contributed by atoms with Gasteiger partial charge in [-0.1, -0.05) is 35.8 Å². The van der Waals surface area contributed by atoms with Crippen LogP contribution in [-0.2, 0) is 11.3 Å². The van der Waals surface area contributed by atoms with E-state index in [-0.39, 0.29) is 17.8 Å². The summed E-state index contributed by atoms with van der Waals surface area (Å²) in [5.74, 6) is -0.0371. The van der Waals surface area contributed by atoms with Gasteiger partial charge in [0.2, 0.25) is 5.91 Å². The molecule has 0 saturated heterocycles. The molecule has 1 aromatic carbocycles. The Morgan fingerprint density at radius 1 is 1.52 bits per heavy atom. The first-order valence-corrected chi connectivity index (χ1v) is 7.14. The third-order valence-corrected chi connectivity index (χ3v) is 3.35. The summed E-state index contributed by atoms with van der Waals surface area (Å²) in [6.45, 7) is 4.92. The number of benzene rings is 1. The Morgan fingerprint density at radius 3 is 2.81 bits per heavy atom. The molecule has 1 unspecified atom stereocenters. The number of hydrogen-bond donors (Lipinski definition) is 4. The molecule has 0 aromatic heterocycles. The summed E-state index contributed by atoms with van der Waals surface area (Å²) in [7, 11) is 0. The van der Waals surface area contributed by atoms with Crippen LogP contribution in [0.2, 0.25) is 5.02 Å². The first-order valence-electron chi connectivity index (χ1n) is 6.77. The Balaban J connectivity index is 2.62. The summed E-state index contributed by atoms with van der Waals surface area (Å²) < 4.78 is 0. The number of carbonyl (C=O) groups is 1. The van der Waals surface area contributed by atoms with Crippen molar-refractivity contribution in [3.8, 4) is 0 Å². The lowest BCUT2D eigenvalue weighted by Crippen LogP contribution is -2.42. The minimum Gasteiger partial charge on any atom is -0.409 e. The number of nitrogens with zero attached hydrogens (tertiary/aromatic N) is 1. The van der Waals surface area contributed by atoms with Crippen LogP contribution in [-0.4, -0.2) is 29.5 Å². The summed E-state index contributed by atoms with van der Waals surface area (Å²) in [5.41, 5.74) is 6.87. The van der Waals surface area contributed by atoms with E-state index in [1.54, 1.807) is 25.1 Å². The van der Waals surface area contributed by atoms with Gasteiger partial charge in [-0.3, -0.25) is 4.79 Å². The number of nitrogens with one attached hydrogen (secondary N) is 2. The molecule has 6 nitrogen and oxygen atoms in total. The van der Waals surface area contributed by atoms with E-state index in [1.807, 2.05) is 6.92 Å². The molecule has 0 aliphatic heterocycles. The molecule has 1 rings (SSSR count). The lowest BCUT2D eigenvalue weighted by Gasteiger charge is -2.14. The minimum atomic E-state index is -0.309. The van der Waals surface area contributed by atoms with E-state index >= 15 is 0 Å². The van der Waals surface area contributed by atoms with Gasteiger partial charge in [0.15, 0.2) is 5.84 Å². The molecule has 5 N–H and O–H groups in total. The van der Waals surface area contributed by atoms with Gasteiger partial charge < -0.3 is 21.6 Å². The smallest absolute Gasteiger partial charge is 0.236 e. The monoisotopic (exact) mass is 312 g/mol. The Kier molecular flexibility index (Phi) is 6.98. The van der Waals surface area contributed by atoms with Crippen molar-refractivity contribution in [3.63, 3.8) is 0 Å². The van der Waals surface area contributed by atoms with Crippen LogP contribution in [0.5, 0.6) is 0 Å². The van der Waals surface area contributed by atoms with Crippen LogP contribution in [0.25, 0.3) is 0 Å². The number of halogens is 1. The Morgan fingerprint density at radius 2 is 2.24 bits per heavy atom. The molecule has 0 heterocycles. The molecular formula is C14H21ClN4O2. The second kappa shape index (κ2) is 8.49. The van der Waals surface area contributed by atoms with E-state index in [9.17, 15) is 4.79 Å². The summed E-state index contributed by atoms with van der Waals surface area (Å²) in [4.78, 5) is 11.7. The standard InChI is InChI=1S/C14H21ClN4O2/c1-3-6-17-14(20)9(2)18-8-11-5-4-10(7-12(11)15)13(16)19-21/h4-5,7,9,18,21H,3,6,8H2,1-2H3,(H2,16,19)(H,17,20). The quantitative estimate of drug-likeness (QED) is 0.265. The molecule has 0 saturated carbocycles. The molecule has 0 aliphatic rings. The number of nitrogens with two attached hydrogens (primary N) is 1. The normalized spacial score (nSPS) is 13.0. The molecule has 0 fully saturated rings. The van der Waals surface area contributed by atoms with Gasteiger partial charge >= 0.3 is 0 Å². The van der Waals surface area contributed by atoms with E-state index in [2.05, 4.69) is 15.8 Å². The second-order valence-corrected chi connectivity index (χ2v) is 5.09. The predicted molar refractivity (Wildman–Crippen MR) is 83.6 cm³/mol. The first-order chi connectivity index (χ1) is 9.99. The van der Waals surface area contributed by atoms with E-state index in [0.717, 1.165) is 12.0 Å². The lowest BCUT2D eigenvalue weighted by molar-refractivity contribution is -0.122. The van der Waals surface area contributed by atoms with Gasteiger partial charge in [-0.15, -0.1) is 0 Å². The molecule has 0 bridgehead atoms. The molecule has 1 aromatic rings. The maximum absolute atomic E-state index is 11.7. The number of hydrogen-bond acceptors (Lipinski definition) is 4. The van der Waals surface area contributed by atoms with Gasteiger partial charge in [0.05, 0.1) is 6.04 Å². The van der Waals surface area contributed by atoms with Gasteiger partial charge in [-0.2, -0.15) is 0 Å². The van der Waals surface area contributed by atoms with E-state index in [1.165, 1.54) is 0 Å². The van der Waals surface area contributed by atoms with E-state index in [4.69, 9.17) is 22.5 Å². The molecule has 116 valence electrons. The molecule has 1 atom stereocenters. The predicted octanol–water partition coefficient (Wildman–Crippen LogP) is 1.44. The van der Waals surface area contributed by atoms with Crippen LogP contribution in [0.4, 0.5) is 0 Å². The summed E-state index contributed by atoms with van der Waals surface area (Å²) in [5, 5.41) is 18.0. The molecular weight excluding hydrogens is 292 g/mol. The molecule has 21 heavy (non-hydrogen) atoms. The SMILES string of the molecule is CCCNC(=O)C(C)NCc1ccc(/C(N)=N/O)cc1Cl. The number of amides is 1. The average Bonchev–Trinajstić information content (AvgIpc) is 2.50. The maximum Gasteiger partial charge on any atom is 0.236 e. The fourth-order valence-electron chi connectivity index (χ4n) is 1.66. The van der Waals surface area contributed by atoms with Crippen molar-refractivity contribution in [1.29, 1.82) is 0 Å². The highest BCUT2D eigenvalue weighted by atomic mass is 35.5. The zero-order valence-electron chi connectivity index (χ0n) is 12.2. The van der Waals surface area contributed by atoms with E-state index < -0.39 is 0 Å². The van der Waals surface area contributed by atoms with Crippen molar-refractivity contribution in [1.82, 2.24) is 10.6 Å². The molecule has 0 radical (unpaired) electrons. The maximum atomic E-state index is 11.7. The van der Waals surface area contributed by atoms with Gasteiger partial charge in [-0.05, 0) is 25.0 Å². The second-order valence-electron chi connectivity index (χ2n) is 4.69. The summed E-state index contributed by atoms with van der Waals surface area (Å²) >= 11 is 6.14. The highest BCUT2D eigenvalue weighted by Crippen LogP contribution is 2.18. The van der Waals surface area contributed by atoms with Crippen LogP contribution >= 0.6 is 11.6 Å². The van der Waals surface area contributed by atoms with Crippen molar-refractivity contribution in [3.05, 3.63) is 34.3 Å². The number of amidine groups is 1. The highest BCUT2D eigenvalue weighted by Gasteiger charge is 2.12. The molecule has 0 aliphatic carbocycles. The van der Waals surface area contributed by atoms with Crippen LogP contribution in [0.15, 0.2) is 23.4 Å². The number of carbonyl (C=O) groups excluding carboxylic acids is 1. The number of oxime groups is 1. The fraction of sp³-hybridized carbons (Fsp3) is 0.429. The topological polar surface area (TPSA) is 99.7 Å². The Labute approximate surface area is 129 Å². The Bertz CT molecular complexity index is 520. The van der Waals surface area contributed by atoms with Gasteiger partial charge in [0, 0.05) is 23.7 Å². The largest absolute Gasteiger partial charge is 0.409 e. The van der Waals surface area contributed by atoms with Crippen LogP contribution in [0, 0.1) is 0 Å². The van der Waals surface area contributed by atoms with Gasteiger partial charge in [-0.25, -0.2) is 0 Å². The van der Waals surface area contributed by atoms with Crippen molar-refractivity contribution >= 4 is 23.3 Å². The van der Waals surface area contributed by atoms with Crippen molar-refractivity contribution < 1.29 is 10.0 Å². The highest BCUT2D eigenvalue weighted by molar-refractivity contribution is 6.31. The van der Waals surface area contributed by atoms with Crippen molar-refractivity contribution in [2.45, 2.75) is 32.9 Å². The number of rotatable bonds is 7. The van der Waals surface area contributed by atoms with Crippen molar-refractivity contribution in [2.24, 2.45) is 10.9 Å².